The lowest BCUT2D eigenvalue weighted by atomic mass is 10.0. The molecule has 0 unspecified atom stereocenters. The van der Waals surface area contributed by atoms with E-state index < -0.39 is 0 Å². The highest BCUT2D eigenvalue weighted by atomic mass is 16.1. The van der Waals surface area contributed by atoms with Crippen molar-refractivity contribution < 1.29 is 4.79 Å². The molecular weight excluding hydrogens is 238 g/mol. The average Bonchev–Trinajstić information content (AvgIpc) is 2.79. The maximum atomic E-state index is 12.3. The van der Waals surface area contributed by atoms with Crippen molar-refractivity contribution in [3.05, 3.63) is 47.0 Å². The third kappa shape index (κ3) is 2.89. The quantitative estimate of drug-likeness (QED) is 0.773. The van der Waals surface area contributed by atoms with Crippen LogP contribution in [0.25, 0.3) is 0 Å². The van der Waals surface area contributed by atoms with Crippen LogP contribution in [0.3, 0.4) is 0 Å². The second-order valence-corrected chi connectivity index (χ2v) is 4.57. The van der Waals surface area contributed by atoms with E-state index in [2.05, 4.69) is 17.0 Å². The second-order valence-electron chi connectivity index (χ2n) is 4.57. The van der Waals surface area contributed by atoms with Gasteiger partial charge in [-0.1, -0.05) is 19.9 Å². The first-order valence-corrected chi connectivity index (χ1v) is 6.64. The van der Waals surface area contributed by atoms with E-state index in [1.165, 1.54) is 0 Å². The zero-order valence-electron chi connectivity index (χ0n) is 11.7. The topological polar surface area (TPSA) is 47.8 Å². The summed E-state index contributed by atoms with van der Waals surface area (Å²) in [5.74, 6) is 0.0584. The molecule has 0 aliphatic heterocycles. The predicted molar refractivity (Wildman–Crippen MR) is 74.2 cm³/mol. The fourth-order valence-electron chi connectivity index (χ4n) is 2.13. The molecule has 0 saturated heterocycles. The summed E-state index contributed by atoms with van der Waals surface area (Å²) in [4.78, 5) is 16.6. The number of aromatic nitrogens is 3. The Morgan fingerprint density at radius 3 is 2.74 bits per heavy atom. The van der Waals surface area contributed by atoms with E-state index in [0.717, 1.165) is 29.8 Å². The first kappa shape index (κ1) is 13.5. The average molecular weight is 257 g/mol. The Hall–Kier alpha value is -1.97. The summed E-state index contributed by atoms with van der Waals surface area (Å²) in [6.07, 6.45) is 3.73. The number of pyridine rings is 1. The van der Waals surface area contributed by atoms with Crippen molar-refractivity contribution in [2.24, 2.45) is 7.05 Å². The van der Waals surface area contributed by atoms with Crippen LogP contribution in [0.1, 0.15) is 41.3 Å². The lowest BCUT2D eigenvalue weighted by Crippen LogP contribution is -2.11. The number of ketones is 1. The van der Waals surface area contributed by atoms with Gasteiger partial charge in [0.05, 0.1) is 12.1 Å². The smallest absolute Gasteiger partial charge is 0.187 e. The number of aryl methyl sites for hydroxylation is 3. The molecule has 100 valence electrons. The number of hydrogen-bond donors (Lipinski definition) is 0. The third-order valence-corrected chi connectivity index (χ3v) is 3.27. The largest absolute Gasteiger partial charge is 0.292 e. The minimum Gasteiger partial charge on any atom is -0.292 e. The molecule has 0 atom stereocenters. The van der Waals surface area contributed by atoms with Gasteiger partial charge >= 0.3 is 0 Å². The Morgan fingerprint density at radius 2 is 2.11 bits per heavy atom. The normalized spacial score (nSPS) is 10.7. The van der Waals surface area contributed by atoms with E-state index in [4.69, 9.17) is 0 Å². The van der Waals surface area contributed by atoms with Crippen molar-refractivity contribution >= 4 is 5.78 Å². The van der Waals surface area contributed by atoms with E-state index in [-0.39, 0.29) is 5.78 Å². The summed E-state index contributed by atoms with van der Waals surface area (Å²) in [6.45, 7) is 4.09. The standard InChI is InChI=1S/C15H19N3O/c1-4-11-7-6-8-16-15(11)14(19)10-13-9-12(5-2)17-18(13)3/h6-9H,4-5,10H2,1-3H3. The van der Waals surface area contributed by atoms with Gasteiger partial charge < -0.3 is 0 Å². The molecule has 0 radical (unpaired) electrons. The van der Waals surface area contributed by atoms with Gasteiger partial charge in [0.1, 0.15) is 5.69 Å². The van der Waals surface area contributed by atoms with Gasteiger partial charge in [0.15, 0.2) is 5.78 Å². The van der Waals surface area contributed by atoms with Crippen LogP contribution in [0.2, 0.25) is 0 Å². The highest BCUT2D eigenvalue weighted by Crippen LogP contribution is 2.12. The van der Waals surface area contributed by atoms with Gasteiger partial charge in [0, 0.05) is 18.9 Å². The molecule has 0 fully saturated rings. The molecule has 2 aromatic heterocycles. The highest BCUT2D eigenvalue weighted by Gasteiger charge is 2.15. The molecule has 0 amide bonds. The molecule has 19 heavy (non-hydrogen) atoms. The molecule has 0 aliphatic carbocycles. The summed E-state index contributed by atoms with van der Waals surface area (Å²) in [7, 11) is 1.88. The number of carbonyl (C=O) groups excluding carboxylic acids is 1. The first-order chi connectivity index (χ1) is 9.15. The Labute approximate surface area is 113 Å². The molecule has 0 spiro atoms. The van der Waals surface area contributed by atoms with Crippen LogP contribution in [0.4, 0.5) is 0 Å². The van der Waals surface area contributed by atoms with Crippen molar-refractivity contribution in [3.8, 4) is 0 Å². The Morgan fingerprint density at radius 1 is 1.32 bits per heavy atom. The van der Waals surface area contributed by atoms with E-state index in [0.29, 0.717) is 12.1 Å². The molecule has 2 rings (SSSR count). The van der Waals surface area contributed by atoms with Crippen molar-refractivity contribution in [2.45, 2.75) is 33.1 Å². The second kappa shape index (κ2) is 5.78. The Kier molecular flexibility index (Phi) is 4.10. The zero-order valence-corrected chi connectivity index (χ0v) is 11.7. The van der Waals surface area contributed by atoms with Gasteiger partial charge in [0.25, 0.3) is 0 Å². The van der Waals surface area contributed by atoms with Gasteiger partial charge in [-0.3, -0.25) is 14.5 Å². The SMILES string of the molecule is CCc1cc(CC(=O)c2ncccc2CC)n(C)n1. The lowest BCUT2D eigenvalue weighted by molar-refractivity contribution is 0.0985. The van der Waals surface area contributed by atoms with Gasteiger partial charge in [-0.25, -0.2) is 0 Å². The summed E-state index contributed by atoms with van der Waals surface area (Å²) in [5, 5.41) is 4.36. The fourth-order valence-corrected chi connectivity index (χ4v) is 2.13. The van der Waals surface area contributed by atoms with Crippen LogP contribution in [0, 0.1) is 0 Å². The van der Waals surface area contributed by atoms with E-state index >= 15 is 0 Å². The van der Waals surface area contributed by atoms with Gasteiger partial charge in [-0.2, -0.15) is 5.10 Å². The maximum Gasteiger partial charge on any atom is 0.187 e. The van der Waals surface area contributed by atoms with Gasteiger partial charge in [-0.15, -0.1) is 0 Å². The van der Waals surface area contributed by atoms with Crippen LogP contribution in [0.15, 0.2) is 24.4 Å². The molecule has 2 aromatic rings. The van der Waals surface area contributed by atoms with E-state index in [1.807, 2.05) is 32.2 Å². The number of hydrogen-bond acceptors (Lipinski definition) is 3. The lowest BCUT2D eigenvalue weighted by Gasteiger charge is -2.05. The van der Waals surface area contributed by atoms with Crippen molar-refractivity contribution in [1.29, 1.82) is 0 Å². The zero-order chi connectivity index (χ0) is 13.8. The number of Topliss-reactive ketones (excluding diaryl/α,β-unsaturated/α-hetero) is 1. The minimum absolute atomic E-state index is 0.0584. The molecule has 2 heterocycles. The van der Waals surface area contributed by atoms with Crippen LogP contribution < -0.4 is 0 Å². The van der Waals surface area contributed by atoms with Crippen molar-refractivity contribution in [1.82, 2.24) is 14.8 Å². The monoisotopic (exact) mass is 257 g/mol. The Bertz CT molecular complexity index is 587. The van der Waals surface area contributed by atoms with Gasteiger partial charge in [0.2, 0.25) is 0 Å². The molecule has 0 saturated carbocycles. The molecule has 0 N–H and O–H groups in total. The van der Waals surface area contributed by atoms with E-state index in [9.17, 15) is 4.79 Å². The van der Waals surface area contributed by atoms with Crippen molar-refractivity contribution in [3.63, 3.8) is 0 Å². The minimum atomic E-state index is 0.0584. The van der Waals surface area contributed by atoms with E-state index in [1.54, 1.807) is 10.9 Å². The fraction of sp³-hybridized carbons (Fsp3) is 0.400. The van der Waals surface area contributed by atoms with Crippen LogP contribution in [-0.2, 0) is 26.3 Å². The Balaban J connectivity index is 2.23. The summed E-state index contributed by atoms with van der Waals surface area (Å²) < 4.78 is 1.78. The maximum absolute atomic E-state index is 12.3. The van der Waals surface area contributed by atoms with Crippen LogP contribution in [0.5, 0.6) is 0 Å². The molecule has 4 heteroatoms. The van der Waals surface area contributed by atoms with Crippen molar-refractivity contribution in [2.75, 3.05) is 0 Å². The van der Waals surface area contributed by atoms with Crippen LogP contribution >= 0.6 is 0 Å². The predicted octanol–water partition coefficient (Wildman–Crippen LogP) is 2.37. The third-order valence-electron chi connectivity index (χ3n) is 3.27. The molecular formula is C15H19N3O. The highest BCUT2D eigenvalue weighted by molar-refractivity contribution is 5.96. The number of carbonyl (C=O) groups is 1. The first-order valence-electron chi connectivity index (χ1n) is 6.64. The molecule has 0 bridgehead atoms. The molecule has 0 aliphatic rings. The number of rotatable bonds is 5. The van der Waals surface area contributed by atoms with Gasteiger partial charge in [-0.05, 0) is 30.5 Å². The summed E-state index contributed by atoms with van der Waals surface area (Å²) in [6, 6.07) is 5.82. The summed E-state index contributed by atoms with van der Waals surface area (Å²) in [5.41, 5.74) is 3.55. The molecule has 4 nitrogen and oxygen atoms in total. The number of nitrogens with zero attached hydrogens (tertiary/aromatic N) is 3. The summed E-state index contributed by atoms with van der Waals surface area (Å²) >= 11 is 0. The van der Waals surface area contributed by atoms with Crippen LogP contribution in [-0.4, -0.2) is 20.5 Å². The molecule has 0 aromatic carbocycles.